The number of esters is 1. The number of rotatable bonds is 5. The van der Waals surface area contributed by atoms with Gasteiger partial charge >= 0.3 is 5.97 Å². The van der Waals surface area contributed by atoms with Gasteiger partial charge in [-0.3, -0.25) is 9.59 Å². The predicted octanol–water partition coefficient (Wildman–Crippen LogP) is 3.28. The third-order valence-corrected chi connectivity index (χ3v) is 4.13. The first-order chi connectivity index (χ1) is 13.9. The van der Waals surface area contributed by atoms with E-state index in [1.165, 1.54) is 6.07 Å². The number of nitrogens with one attached hydrogen (secondary N) is 1. The lowest BCUT2D eigenvalue weighted by Gasteiger charge is -2.13. The van der Waals surface area contributed by atoms with Gasteiger partial charge in [-0.2, -0.15) is 9.78 Å². The fraction of sp³-hybridized carbons (Fsp3) is 0.182. The number of aromatic nitrogens is 2. The molecule has 0 aliphatic carbocycles. The first-order valence-electron chi connectivity index (χ1n) is 9.15. The van der Waals surface area contributed by atoms with Gasteiger partial charge in [0.2, 0.25) is 0 Å². The molecule has 1 heterocycles. The molecule has 1 N–H and O–H groups in total. The van der Waals surface area contributed by atoms with Crippen molar-refractivity contribution in [1.29, 1.82) is 0 Å². The summed E-state index contributed by atoms with van der Waals surface area (Å²) in [6, 6.07) is 15.3. The monoisotopic (exact) mass is 391 g/mol. The molecule has 148 valence electrons. The van der Waals surface area contributed by atoms with Gasteiger partial charge in [0.05, 0.1) is 18.0 Å². The number of nitrogens with zero attached hydrogens (tertiary/aromatic N) is 2. The number of hydrogen-bond acceptors (Lipinski definition) is 5. The van der Waals surface area contributed by atoms with Gasteiger partial charge in [0.25, 0.3) is 11.5 Å². The summed E-state index contributed by atoms with van der Waals surface area (Å²) >= 11 is 0. The molecule has 0 saturated carbocycles. The summed E-state index contributed by atoms with van der Waals surface area (Å²) < 4.78 is 6.15. The second kappa shape index (κ2) is 8.52. The van der Waals surface area contributed by atoms with E-state index in [-0.39, 0.29) is 18.0 Å². The van der Waals surface area contributed by atoms with Crippen LogP contribution in [0.15, 0.2) is 59.4 Å². The standard InChI is InChI=1S/C22H21N3O4/c1-4-29-22(28)20-18(23-21(27)16-11-14(2)10-15(3)12-16)13-19(26)25(24-20)17-8-6-5-7-9-17/h5-13H,4H2,1-3H3,(H,23,27). The average Bonchev–Trinajstić information content (AvgIpc) is 2.68. The van der Waals surface area contributed by atoms with Crippen LogP contribution in [-0.2, 0) is 4.74 Å². The molecule has 0 saturated heterocycles. The molecule has 0 radical (unpaired) electrons. The number of ether oxygens (including phenoxy) is 1. The Kier molecular flexibility index (Phi) is 5.87. The van der Waals surface area contributed by atoms with Crippen LogP contribution in [0.25, 0.3) is 5.69 Å². The molecule has 2 aromatic carbocycles. The van der Waals surface area contributed by atoms with Crippen LogP contribution < -0.4 is 10.9 Å². The van der Waals surface area contributed by atoms with Crippen LogP contribution in [0.1, 0.15) is 38.9 Å². The Labute approximate surface area is 168 Å². The second-order valence-corrected chi connectivity index (χ2v) is 6.54. The fourth-order valence-corrected chi connectivity index (χ4v) is 2.96. The van der Waals surface area contributed by atoms with E-state index in [0.717, 1.165) is 15.8 Å². The Morgan fingerprint density at radius 1 is 1.03 bits per heavy atom. The molecule has 0 aliphatic rings. The highest BCUT2D eigenvalue weighted by Crippen LogP contribution is 2.16. The van der Waals surface area contributed by atoms with Crippen LogP contribution in [0.2, 0.25) is 0 Å². The number of carbonyl (C=O) groups excluding carboxylic acids is 2. The van der Waals surface area contributed by atoms with Crippen molar-refractivity contribution in [3.63, 3.8) is 0 Å². The highest BCUT2D eigenvalue weighted by molar-refractivity contribution is 6.07. The molecule has 0 atom stereocenters. The molecule has 3 aromatic rings. The van der Waals surface area contributed by atoms with Crippen molar-refractivity contribution in [3.8, 4) is 5.69 Å². The summed E-state index contributed by atoms with van der Waals surface area (Å²) in [7, 11) is 0. The molecule has 3 rings (SSSR count). The minimum absolute atomic E-state index is 0.00444. The number of anilines is 1. The van der Waals surface area contributed by atoms with E-state index >= 15 is 0 Å². The fourth-order valence-electron chi connectivity index (χ4n) is 2.96. The van der Waals surface area contributed by atoms with Crippen molar-refractivity contribution in [2.45, 2.75) is 20.8 Å². The molecule has 1 aromatic heterocycles. The molecule has 0 unspecified atom stereocenters. The summed E-state index contributed by atoms with van der Waals surface area (Å²) in [6.45, 7) is 5.57. The van der Waals surface area contributed by atoms with Gasteiger partial charge in [0, 0.05) is 11.6 Å². The van der Waals surface area contributed by atoms with Crippen LogP contribution >= 0.6 is 0 Å². The second-order valence-electron chi connectivity index (χ2n) is 6.54. The molecule has 7 heteroatoms. The van der Waals surface area contributed by atoms with Gasteiger partial charge in [-0.15, -0.1) is 0 Å². The SMILES string of the molecule is CCOC(=O)c1nn(-c2ccccc2)c(=O)cc1NC(=O)c1cc(C)cc(C)c1. The van der Waals surface area contributed by atoms with Crippen molar-refractivity contribution in [1.82, 2.24) is 9.78 Å². The Morgan fingerprint density at radius 2 is 1.69 bits per heavy atom. The molecule has 0 fully saturated rings. The zero-order valence-corrected chi connectivity index (χ0v) is 16.4. The lowest BCUT2D eigenvalue weighted by molar-refractivity contribution is 0.0518. The third kappa shape index (κ3) is 4.57. The molecular formula is C22H21N3O4. The first kappa shape index (κ1) is 20.0. The molecule has 0 aliphatic heterocycles. The summed E-state index contributed by atoms with van der Waals surface area (Å²) in [5.74, 6) is -1.17. The van der Waals surface area contributed by atoms with E-state index in [9.17, 15) is 14.4 Å². The van der Waals surface area contributed by atoms with Crippen molar-refractivity contribution < 1.29 is 14.3 Å². The third-order valence-electron chi connectivity index (χ3n) is 4.13. The van der Waals surface area contributed by atoms with E-state index in [0.29, 0.717) is 11.3 Å². The summed E-state index contributed by atoms with van der Waals surface area (Å²) in [4.78, 5) is 37.7. The minimum atomic E-state index is -0.729. The smallest absolute Gasteiger partial charge is 0.360 e. The number of benzene rings is 2. The van der Waals surface area contributed by atoms with Gasteiger partial charge in [-0.1, -0.05) is 35.4 Å². The van der Waals surface area contributed by atoms with Crippen molar-refractivity contribution >= 4 is 17.6 Å². The van der Waals surface area contributed by atoms with Crippen LogP contribution in [0, 0.1) is 13.8 Å². The highest BCUT2D eigenvalue weighted by Gasteiger charge is 2.20. The van der Waals surface area contributed by atoms with E-state index in [4.69, 9.17) is 4.74 Å². The van der Waals surface area contributed by atoms with Gasteiger partial charge in [-0.05, 0) is 45.0 Å². The lowest BCUT2D eigenvalue weighted by Crippen LogP contribution is -2.27. The molecule has 0 bridgehead atoms. The van der Waals surface area contributed by atoms with Crippen molar-refractivity contribution in [2.24, 2.45) is 0 Å². The number of para-hydroxylation sites is 1. The molecule has 29 heavy (non-hydrogen) atoms. The Hall–Kier alpha value is -3.74. The highest BCUT2D eigenvalue weighted by atomic mass is 16.5. The minimum Gasteiger partial charge on any atom is -0.461 e. The number of amides is 1. The Bertz CT molecular complexity index is 1100. The summed E-state index contributed by atoms with van der Waals surface area (Å²) in [5, 5.41) is 6.78. The van der Waals surface area contributed by atoms with Crippen LogP contribution in [0.3, 0.4) is 0 Å². The maximum atomic E-state index is 12.7. The van der Waals surface area contributed by atoms with Gasteiger partial charge < -0.3 is 10.1 Å². The molecule has 0 spiro atoms. The maximum Gasteiger partial charge on any atom is 0.360 e. The quantitative estimate of drug-likeness (QED) is 0.674. The van der Waals surface area contributed by atoms with Crippen LogP contribution in [0.4, 0.5) is 5.69 Å². The van der Waals surface area contributed by atoms with Gasteiger partial charge in [0.15, 0.2) is 5.69 Å². The van der Waals surface area contributed by atoms with Gasteiger partial charge in [-0.25, -0.2) is 4.79 Å². The summed E-state index contributed by atoms with van der Waals surface area (Å²) in [6.07, 6.45) is 0. The zero-order chi connectivity index (χ0) is 21.0. The van der Waals surface area contributed by atoms with E-state index in [1.54, 1.807) is 49.4 Å². The predicted molar refractivity (Wildman–Crippen MR) is 110 cm³/mol. The Balaban J connectivity index is 2.05. The van der Waals surface area contributed by atoms with Crippen LogP contribution in [0.5, 0.6) is 0 Å². The average molecular weight is 391 g/mol. The first-order valence-corrected chi connectivity index (χ1v) is 9.15. The Morgan fingerprint density at radius 3 is 2.31 bits per heavy atom. The molecule has 7 nitrogen and oxygen atoms in total. The van der Waals surface area contributed by atoms with Crippen LogP contribution in [-0.4, -0.2) is 28.3 Å². The largest absolute Gasteiger partial charge is 0.461 e. The van der Waals surface area contributed by atoms with Crippen molar-refractivity contribution in [3.05, 3.63) is 87.3 Å². The summed E-state index contributed by atoms with van der Waals surface area (Å²) in [5.41, 5.74) is 2.15. The molecular weight excluding hydrogens is 370 g/mol. The number of aryl methyl sites for hydroxylation is 2. The number of carbonyl (C=O) groups is 2. The van der Waals surface area contributed by atoms with Crippen molar-refractivity contribution in [2.75, 3.05) is 11.9 Å². The topological polar surface area (TPSA) is 90.3 Å². The maximum absolute atomic E-state index is 12.7. The van der Waals surface area contributed by atoms with E-state index in [1.807, 2.05) is 19.9 Å². The number of hydrogen-bond donors (Lipinski definition) is 1. The molecule has 1 amide bonds. The van der Waals surface area contributed by atoms with E-state index < -0.39 is 17.4 Å². The van der Waals surface area contributed by atoms with E-state index in [2.05, 4.69) is 10.4 Å². The van der Waals surface area contributed by atoms with Gasteiger partial charge in [0.1, 0.15) is 0 Å². The lowest BCUT2D eigenvalue weighted by atomic mass is 10.1. The zero-order valence-electron chi connectivity index (χ0n) is 16.4. The normalized spacial score (nSPS) is 10.4.